The monoisotopic (exact) mass is 464 g/mol. The van der Waals surface area contributed by atoms with E-state index in [2.05, 4.69) is 51.8 Å². The predicted octanol–water partition coefficient (Wildman–Crippen LogP) is 5.10. The van der Waals surface area contributed by atoms with E-state index in [4.69, 9.17) is 18.9 Å². The first-order valence-electron chi connectivity index (χ1n) is 7.82. The van der Waals surface area contributed by atoms with Crippen LogP contribution in [0, 0.1) is 11.8 Å². The highest BCUT2D eigenvalue weighted by Crippen LogP contribution is 2.24. The summed E-state index contributed by atoms with van der Waals surface area (Å²) in [4.78, 5) is 0. The molecule has 0 radical (unpaired) electrons. The second-order valence-electron chi connectivity index (χ2n) is 5.69. The van der Waals surface area contributed by atoms with Gasteiger partial charge in [0, 0.05) is 18.9 Å². The van der Waals surface area contributed by atoms with E-state index in [9.17, 15) is 0 Å². The maximum atomic E-state index is 5.87. The van der Waals surface area contributed by atoms with Crippen molar-refractivity contribution in [2.24, 2.45) is 11.8 Å². The molecule has 0 N–H and O–H groups in total. The molecule has 0 saturated heterocycles. The highest BCUT2D eigenvalue weighted by Gasteiger charge is 2.23. The van der Waals surface area contributed by atoms with Crippen LogP contribution in [0.1, 0.15) is 19.4 Å². The molecule has 0 aliphatic rings. The molecule has 3 atom stereocenters. The first-order chi connectivity index (χ1) is 11.5. The molecule has 0 bridgehead atoms. The summed E-state index contributed by atoms with van der Waals surface area (Å²) < 4.78 is 22.8. The molecule has 24 heavy (non-hydrogen) atoms. The van der Waals surface area contributed by atoms with E-state index in [0.29, 0.717) is 13.2 Å². The zero-order chi connectivity index (χ0) is 17.9. The van der Waals surface area contributed by atoms with Crippen LogP contribution < -0.4 is 4.74 Å². The third-order valence-corrected chi connectivity index (χ3v) is 4.18. The molecular formula is C18H26Br2O4. The lowest BCUT2D eigenvalue weighted by Gasteiger charge is -2.28. The van der Waals surface area contributed by atoms with Gasteiger partial charge in [-0.2, -0.15) is 0 Å². The lowest BCUT2D eigenvalue weighted by Crippen LogP contribution is -2.32. The Hall–Kier alpha value is -0.400. The fourth-order valence-corrected chi connectivity index (χ4v) is 3.29. The van der Waals surface area contributed by atoms with E-state index in [0.717, 1.165) is 14.7 Å². The van der Waals surface area contributed by atoms with E-state index in [1.165, 1.54) is 0 Å². The van der Waals surface area contributed by atoms with E-state index >= 15 is 0 Å². The summed E-state index contributed by atoms with van der Waals surface area (Å²) in [6.07, 6.45) is 2.08. The second-order valence-corrected chi connectivity index (χ2v) is 8.47. The highest BCUT2D eigenvalue weighted by atomic mass is 79.9. The predicted molar refractivity (Wildman–Crippen MR) is 104 cm³/mol. The zero-order valence-corrected chi connectivity index (χ0v) is 17.8. The number of benzene rings is 1. The van der Waals surface area contributed by atoms with Crippen LogP contribution in [0.4, 0.5) is 0 Å². The quantitative estimate of drug-likeness (QED) is 0.426. The van der Waals surface area contributed by atoms with Crippen LogP contribution in [0.15, 0.2) is 33.7 Å². The molecule has 4 nitrogen and oxygen atoms in total. The Balaban J connectivity index is 2.53. The molecule has 0 fully saturated rings. The molecule has 0 aliphatic carbocycles. The Bertz CT molecular complexity index is 486. The number of rotatable bonds is 11. The molecule has 0 aromatic heterocycles. The van der Waals surface area contributed by atoms with Gasteiger partial charge in [0.1, 0.15) is 12.5 Å². The van der Waals surface area contributed by atoms with Crippen molar-refractivity contribution >= 4 is 31.9 Å². The zero-order valence-electron chi connectivity index (χ0n) is 14.6. The summed E-state index contributed by atoms with van der Waals surface area (Å²) in [7, 11) is 3.29. The van der Waals surface area contributed by atoms with Crippen molar-refractivity contribution in [1.82, 2.24) is 0 Å². The lowest BCUT2D eigenvalue weighted by molar-refractivity contribution is -0.112. The highest BCUT2D eigenvalue weighted by molar-refractivity contribution is 9.28. The van der Waals surface area contributed by atoms with Crippen molar-refractivity contribution in [2.75, 3.05) is 27.6 Å². The first-order valence-corrected chi connectivity index (χ1v) is 9.40. The molecule has 1 aromatic rings. The average Bonchev–Trinajstić information content (AvgIpc) is 2.55. The van der Waals surface area contributed by atoms with Crippen molar-refractivity contribution in [2.45, 2.75) is 26.6 Å². The summed E-state index contributed by atoms with van der Waals surface area (Å²) in [5.74, 6) is 1.29. The molecule has 6 heteroatoms. The number of methoxy groups -OCH3 is 2. The summed E-state index contributed by atoms with van der Waals surface area (Å²) in [6, 6.07) is 7.89. The number of ether oxygens (including phenoxy) is 4. The number of hydrogen-bond donors (Lipinski definition) is 0. The van der Waals surface area contributed by atoms with Crippen molar-refractivity contribution < 1.29 is 18.9 Å². The van der Waals surface area contributed by atoms with E-state index < -0.39 is 0 Å². The smallest absolute Gasteiger partial charge is 0.146 e. The SMILES string of the molecule is COCO[C@H]([C@@H](C)C=C(Br)Br)[C@@H](C)COCc1ccc(OC)cc1. The minimum absolute atomic E-state index is 0.00548. The van der Waals surface area contributed by atoms with Crippen molar-refractivity contribution in [1.29, 1.82) is 0 Å². The molecule has 0 unspecified atom stereocenters. The fraction of sp³-hybridized carbons (Fsp3) is 0.556. The standard InChI is InChI=1S/C18H26Br2O4/c1-13(9-17(19)20)18(24-12-21-3)14(2)10-23-11-15-5-7-16(22-4)8-6-15/h5-9,13-14,18H,10-12H2,1-4H3/t13-,14-,18+/m0/s1. The van der Waals surface area contributed by atoms with Gasteiger partial charge in [-0.3, -0.25) is 0 Å². The van der Waals surface area contributed by atoms with Gasteiger partial charge in [0.15, 0.2) is 0 Å². The minimum atomic E-state index is 0.00548. The maximum absolute atomic E-state index is 5.87. The van der Waals surface area contributed by atoms with E-state index in [1.54, 1.807) is 14.2 Å². The molecule has 0 aliphatic heterocycles. The Labute approximate surface area is 161 Å². The maximum Gasteiger partial charge on any atom is 0.146 e. The Morgan fingerprint density at radius 2 is 1.79 bits per heavy atom. The molecule has 0 spiro atoms. The molecular weight excluding hydrogens is 440 g/mol. The number of hydrogen-bond acceptors (Lipinski definition) is 4. The first kappa shape index (κ1) is 21.6. The Kier molecular flexibility index (Phi) is 10.9. The second kappa shape index (κ2) is 12.0. The molecule has 1 aromatic carbocycles. The molecule has 0 saturated carbocycles. The van der Waals surface area contributed by atoms with Crippen molar-refractivity contribution in [3.8, 4) is 5.75 Å². The normalized spacial score (nSPS) is 14.8. The molecule has 0 heterocycles. The van der Waals surface area contributed by atoms with Crippen LogP contribution in [0.3, 0.4) is 0 Å². The average molecular weight is 466 g/mol. The van der Waals surface area contributed by atoms with Gasteiger partial charge in [0.05, 0.1) is 29.8 Å². The van der Waals surface area contributed by atoms with Crippen LogP contribution in [-0.2, 0) is 20.8 Å². The van der Waals surface area contributed by atoms with Gasteiger partial charge in [-0.25, -0.2) is 0 Å². The van der Waals surface area contributed by atoms with Crippen LogP contribution in [-0.4, -0.2) is 33.7 Å². The van der Waals surface area contributed by atoms with E-state index in [1.807, 2.05) is 24.3 Å². The van der Waals surface area contributed by atoms with Gasteiger partial charge in [-0.15, -0.1) is 0 Å². The number of halogens is 2. The van der Waals surface area contributed by atoms with Crippen LogP contribution in [0.2, 0.25) is 0 Å². The van der Waals surface area contributed by atoms with Crippen molar-refractivity contribution in [3.63, 3.8) is 0 Å². The molecule has 1 rings (SSSR count). The van der Waals surface area contributed by atoms with E-state index in [-0.39, 0.29) is 24.7 Å². The van der Waals surface area contributed by atoms with Gasteiger partial charge in [0.2, 0.25) is 0 Å². The molecule has 0 amide bonds. The van der Waals surface area contributed by atoms with Crippen LogP contribution >= 0.6 is 31.9 Å². The summed E-state index contributed by atoms with van der Waals surface area (Å²) >= 11 is 6.81. The van der Waals surface area contributed by atoms with Gasteiger partial charge >= 0.3 is 0 Å². The largest absolute Gasteiger partial charge is 0.497 e. The van der Waals surface area contributed by atoms with Crippen LogP contribution in [0.5, 0.6) is 5.75 Å². The topological polar surface area (TPSA) is 36.9 Å². The minimum Gasteiger partial charge on any atom is -0.497 e. The molecule has 136 valence electrons. The van der Waals surface area contributed by atoms with Crippen molar-refractivity contribution in [3.05, 3.63) is 39.3 Å². The van der Waals surface area contributed by atoms with Gasteiger partial charge in [-0.05, 0) is 49.6 Å². The van der Waals surface area contributed by atoms with Gasteiger partial charge in [-0.1, -0.05) is 32.1 Å². The fourth-order valence-electron chi connectivity index (χ4n) is 2.45. The van der Waals surface area contributed by atoms with Crippen LogP contribution in [0.25, 0.3) is 0 Å². The Morgan fingerprint density at radius 1 is 1.12 bits per heavy atom. The Morgan fingerprint density at radius 3 is 2.33 bits per heavy atom. The summed E-state index contributed by atoms with van der Waals surface area (Å²) in [6.45, 7) is 5.69. The van der Waals surface area contributed by atoms with Gasteiger partial charge in [0.25, 0.3) is 0 Å². The van der Waals surface area contributed by atoms with Gasteiger partial charge < -0.3 is 18.9 Å². The third-order valence-electron chi connectivity index (χ3n) is 3.65. The summed E-state index contributed by atoms with van der Waals surface area (Å²) in [5.41, 5.74) is 1.12. The summed E-state index contributed by atoms with van der Waals surface area (Å²) in [5, 5.41) is 0. The lowest BCUT2D eigenvalue weighted by atomic mass is 9.94. The third kappa shape index (κ3) is 8.12.